The van der Waals surface area contributed by atoms with Crippen molar-refractivity contribution in [3.8, 4) is 11.5 Å². The van der Waals surface area contributed by atoms with Crippen LogP contribution in [0.1, 0.15) is 11.3 Å². The summed E-state index contributed by atoms with van der Waals surface area (Å²) >= 11 is 0. The van der Waals surface area contributed by atoms with Gasteiger partial charge in [-0.2, -0.15) is 0 Å². The summed E-state index contributed by atoms with van der Waals surface area (Å²) in [6, 6.07) is 15.6. The maximum absolute atomic E-state index is 12.9. The number of rotatable bonds is 5. The number of oxazole rings is 1. The smallest absolute Gasteiger partial charge is 0.228 e. The van der Waals surface area contributed by atoms with E-state index in [0.29, 0.717) is 18.1 Å². The van der Waals surface area contributed by atoms with Crippen LogP contribution in [0.15, 0.2) is 65.3 Å². The highest BCUT2D eigenvalue weighted by molar-refractivity contribution is 5.78. The summed E-state index contributed by atoms with van der Waals surface area (Å²) in [4.78, 5) is 18.2. The van der Waals surface area contributed by atoms with Crippen LogP contribution in [0.4, 0.5) is 4.39 Å². The lowest BCUT2D eigenvalue weighted by molar-refractivity contribution is -0.129. The summed E-state index contributed by atoms with van der Waals surface area (Å²) in [5.74, 6) is 0.135. The Hall–Kier alpha value is -2.95. The molecule has 0 N–H and O–H groups in total. The Kier molecular flexibility index (Phi) is 4.70. The minimum absolute atomic E-state index is 0.0766. The molecule has 3 rings (SSSR count). The van der Waals surface area contributed by atoms with Gasteiger partial charge in [0.05, 0.1) is 12.1 Å². The Labute approximate surface area is 139 Å². The van der Waals surface area contributed by atoms with E-state index in [9.17, 15) is 9.18 Å². The van der Waals surface area contributed by atoms with E-state index in [1.807, 2.05) is 30.3 Å². The van der Waals surface area contributed by atoms with Gasteiger partial charge >= 0.3 is 0 Å². The van der Waals surface area contributed by atoms with Gasteiger partial charge in [0.25, 0.3) is 0 Å². The van der Waals surface area contributed by atoms with Crippen LogP contribution in [0.25, 0.3) is 11.5 Å². The lowest BCUT2D eigenvalue weighted by atomic mass is 10.2. The van der Waals surface area contributed by atoms with Crippen molar-refractivity contribution in [2.24, 2.45) is 0 Å². The minimum atomic E-state index is -0.288. The van der Waals surface area contributed by atoms with Gasteiger partial charge in [0.2, 0.25) is 11.8 Å². The predicted octanol–water partition coefficient (Wildman–Crippen LogP) is 3.68. The summed E-state index contributed by atoms with van der Waals surface area (Å²) in [7, 11) is 1.71. The SMILES string of the molecule is CN(Cc1ccc(F)cc1)C(=O)Cc1coc(-c2ccccc2)n1. The molecular formula is C19H17FN2O2. The highest BCUT2D eigenvalue weighted by Gasteiger charge is 2.14. The van der Waals surface area contributed by atoms with E-state index in [-0.39, 0.29) is 18.1 Å². The Morgan fingerprint density at radius 2 is 1.83 bits per heavy atom. The highest BCUT2D eigenvalue weighted by Crippen LogP contribution is 2.18. The van der Waals surface area contributed by atoms with Crippen LogP contribution in [0.3, 0.4) is 0 Å². The fourth-order valence-electron chi connectivity index (χ4n) is 2.34. The molecule has 0 bridgehead atoms. The molecule has 0 unspecified atom stereocenters. The monoisotopic (exact) mass is 324 g/mol. The molecule has 4 nitrogen and oxygen atoms in total. The molecule has 1 aromatic heterocycles. The van der Waals surface area contributed by atoms with Gasteiger partial charge < -0.3 is 9.32 Å². The van der Waals surface area contributed by atoms with Gasteiger partial charge in [0, 0.05) is 19.2 Å². The average molecular weight is 324 g/mol. The number of nitrogens with zero attached hydrogens (tertiary/aromatic N) is 2. The predicted molar refractivity (Wildman–Crippen MR) is 88.5 cm³/mol. The van der Waals surface area contributed by atoms with Gasteiger partial charge in [-0.25, -0.2) is 9.37 Å². The van der Waals surface area contributed by atoms with Crippen LogP contribution in [-0.4, -0.2) is 22.8 Å². The Morgan fingerprint density at radius 3 is 2.54 bits per heavy atom. The molecule has 122 valence electrons. The third kappa shape index (κ3) is 3.87. The topological polar surface area (TPSA) is 46.3 Å². The van der Waals surface area contributed by atoms with Gasteiger partial charge in [-0.1, -0.05) is 30.3 Å². The number of hydrogen-bond donors (Lipinski definition) is 0. The van der Waals surface area contributed by atoms with Crippen LogP contribution in [0.2, 0.25) is 0 Å². The number of amides is 1. The molecule has 2 aromatic carbocycles. The van der Waals surface area contributed by atoms with Crippen molar-refractivity contribution in [1.82, 2.24) is 9.88 Å². The number of hydrogen-bond acceptors (Lipinski definition) is 3. The van der Waals surface area contributed by atoms with E-state index < -0.39 is 0 Å². The first-order valence-corrected chi connectivity index (χ1v) is 7.60. The van der Waals surface area contributed by atoms with Gasteiger partial charge in [-0.3, -0.25) is 4.79 Å². The van der Waals surface area contributed by atoms with E-state index in [4.69, 9.17) is 4.42 Å². The van der Waals surface area contributed by atoms with Crippen LogP contribution < -0.4 is 0 Å². The fraction of sp³-hybridized carbons (Fsp3) is 0.158. The van der Waals surface area contributed by atoms with Crippen molar-refractivity contribution in [2.45, 2.75) is 13.0 Å². The average Bonchev–Trinajstić information content (AvgIpc) is 3.06. The lowest BCUT2D eigenvalue weighted by Crippen LogP contribution is -2.27. The summed E-state index contributed by atoms with van der Waals surface area (Å²) in [5, 5.41) is 0. The largest absolute Gasteiger partial charge is 0.444 e. The first-order chi connectivity index (χ1) is 11.6. The third-order valence-corrected chi connectivity index (χ3v) is 3.66. The van der Waals surface area contributed by atoms with Crippen molar-refractivity contribution in [3.05, 3.63) is 77.9 Å². The molecule has 0 spiro atoms. The van der Waals surface area contributed by atoms with Crippen molar-refractivity contribution >= 4 is 5.91 Å². The Balaban J connectivity index is 1.62. The molecule has 0 saturated carbocycles. The van der Waals surface area contributed by atoms with E-state index >= 15 is 0 Å². The van der Waals surface area contributed by atoms with Gasteiger partial charge in [-0.15, -0.1) is 0 Å². The first-order valence-electron chi connectivity index (χ1n) is 7.60. The van der Waals surface area contributed by atoms with Crippen molar-refractivity contribution in [2.75, 3.05) is 7.05 Å². The summed E-state index contributed by atoms with van der Waals surface area (Å²) in [6.45, 7) is 0.419. The zero-order valence-corrected chi connectivity index (χ0v) is 13.3. The molecule has 5 heteroatoms. The maximum Gasteiger partial charge on any atom is 0.228 e. The molecule has 0 fully saturated rings. The van der Waals surface area contributed by atoms with Gasteiger partial charge in [0.1, 0.15) is 12.1 Å². The summed E-state index contributed by atoms with van der Waals surface area (Å²) in [6.07, 6.45) is 1.67. The number of benzene rings is 2. The Bertz CT molecular complexity index is 813. The van der Waals surface area contributed by atoms with Crippen LogP contribution in [0, 0.1) is 5.82 Å². The maximum atomic E-state index is 12.9. The first kappa shape index (κ1) is 15.9. The molecule has 0 atom stereocenters. The molecular weight excluding hydrogens is 307 g/mol. The van der Waals surface area contributed by atoms with Crippen molar-refractivity contribution < 1.29 is 13.6 Å². The van der Waals surface area contributed by atoms with Crippen LogP contribution >= 0.6 is 0 Å². The molecule has 1 amide bonds. The second-order valence-electron chi connectivity index (χ2n) is 5.56. The molecule has 0 aliphatic rings. The van der Waals surface area contributed by atoms with E-state index in [0.717, 1.165) is 11.1 Å². The Morgan fingerprint density at radius 1 is 1.12 bits per heavy atom. The van der Waals surface area contributed by atoms with E-state index in [2.05, 4.69) is 4.98 Å². The van der Waals surface area contributed by atoms with Crippen LogP contribution in [-0.2, 0) is 17.8 Å². The number of halogens is 1. The zero-order valence-electron chi connectivity index (χ0n) is 13.3. The second-order valence-corrected chi connectivity index (χ2v) is 5.56. The number of aromatic nitrogens is 1. The minimum Gasteiger partial charge on any atom is -0.444 e. The van der Waals surface area contributed by atoms with Crippen molar-refractivity contribution in [3.63, 3.8) is 0 Å². The van der Waals surface area contributed by atoms with Gasteiger partial charge in [-0.05, 0) is 29.8 Å². The van der Waals surface area contributed by atoms with Gasteiger partial charge in [0.15, 0.2) is 0 Å². The summed E-state index contributed by atoms with van der Waals surface area (Å²) in [5.41, 5.74) is 2.33. The van der Waals surface area contributed by atoms with Crippen molar-refractivity contribution in [1.29, 1.82) is 0 Å². The highest BCUT2D eigenvalue weighted by atomic mass is 19.1. The standard InChI is InChI=1S/C19H17FN2O2/c1-22(12-14-7-9-16(20)10-8-14)18(23)11-17-13-24-19(21-17)15-5-3-2-4-6-15/h2-10,13H,11-12H2,1H3. The quantitative estimate of drug-likeness (QED) is 0.719. The van der Waals surface area contributed by atoms with E-state index in [1.54, 1.807) is 24.1 Å². The number of carbonyl (C=O) groups excluding carboxylic acids is 1. The molecule has 24 heavy (non-hydrogen) atoms. The summed E-state index contributed by atoms with van der Waals surface area (Å²) < 4.78 is 18.4. The fourth-order valence-corrected chi connectivity index (χ4v) is 2.34. The molecule has 1 heterocycles. The normalized spacial score (nSPS) is 10.6. The molecule has 3 aromatic rings. The molecule has 0 saturated heterocycles. The lowest BCUT2D eigenvalue weighted by Gasteiger charge is -2.16. The molecule has 0 aliphatic carbocycles. The molecule has 0 aliphatic heterocycles. The zero-order chi connectivity index (χ0) is 16.9. The number of likely N-dealkylation sites (N-methyl/N-ethyl adjacent to an activating group) is 1. The molecule has 0 radical (unpaired) electrons. The second kappa shape index (κ2) is 7.08. The van der Waals surface area contributed by atoms with E-state index in [1.165, 1.54) is 18.4 Å². The van der Waals surface area contributed by atoms with Crippen LogP contribution in [0.5, 0.6) is 0 Å². The number of carbonyl (C=O) groups is 1. The third-order valence-electron chi connectivity index (χ3n) is 3.66.